The minimum atomic E-state index is -3.70. The number of aromatic nitrogens is 1. The van der Waals surface area contributed by atoms with E-state index in [2.05, 4.69) is 9.71 Å². The van der Waals surface area contributed by atoms with Gasteiger partial charge in [-0.05, 0) is 30.3 Å². The van der Waals surface area contributed by atoms with Crippen LogP contribution in [0, 0.1) is 0 Å². The van der Waals surface area contributed by atoms with Gasteiger partial charge in [0, 0.05) is 5.69 Å². The Morgan fingerprint density at radius 1 is 1.17 bits per heavy atom. The molecule has 0 aliphatic rings. The molecule has 0 amide bonds. The van der Waals surface area contributed by atoms with E-state index in [1.54, 1.807) is 24.3 Å². The molecule has 0 bridgehead atoms. The number of nitrogens with one attached hydrogen (secondary N) is 1. The zero-order valence-corrected chi connectivity index (χ0v) is 10.7. The molecule has 0 fully saturated rings. The molecule has 1 heterocycles. The lowest BCUT2D eigenvalue weighted by Crippen LogP contribution is -2.14. The molecule has 0 aliphatic heterocycles. The first-order valence-corrected chi connectivity index (χ1v) is 6.84. The van der Waals surface area contributed by atoms with Crippen LogP contribution in [-0.4, -0.2) is 13.4 Å². The molecule has 5 nitrogen and oxygen atoms in total. The van der Waals surface area contributed by atoms with Crippen molar-refractivity contribution in [2.75, 3.05) is 10.5 Å². The highest BCUT2D eigenvalue weighted by Gasteiger charge is 2.14. The van der Waals surface area contributed by atoms with Crippen LogP contribution in [0.2, 0.25) is 5.15 Å². The Kier molecular flexibility index (Phi) is 3.40. The summed E-state index contributed by atoms with van der Waals surface area (Å²) in [6, 6.07) is 10.7. The van der Waals surface area contributed by atoms with E-state index in [9.17, 15) is 8.42 Å². The number of pyridine rings is 1. The molecule has 94 valence electrons. The Labute approximate surface area is 110 Å². The van der Waals surface area contributed by atoms with Crippen LogP contribution in [0.15, 0.2) is 47.4 Å². The predicted octanol–water partition coefficient (Wildman–Crippen LogP) is 2.12. The first kappa shape index (κ1) is 12.7. The molecule has 18 heavy (non-hydrogen) atoms. The van der Waals surface area contributed by atoms with E-state index in [4.69, 9.17) is 17.3 Å². The molecule has 2 rings (SSSR count). The SMILES string of the molecule is Nc1cccc(S(=O)(=O)Nc2cccc(Cl)n2)c1. The monoisotopic (exact) mass is 283 g/mol. The summed E-state index contributed by atoms with van der Waals surface area (Å²) in [4.78, 5) is 3.92. The third-order valence-electron chi connectivity index (χ3n) is 2.12. The number of hydrogen-bond donors (Lipinski definition) is 2. The minimum Gasteiger partial charge on any atom is -0.399 e. The van der Waals surface area contributed by atoms with E-state index >= 15 is 0 Å². The van der Waals surface area contributed by atoms with Crippen LogP contribution < -0.4 is 10.5 Å². The number of nitrogens with two attached hydrogens (primary N) is 1. The standard InChI is InChI=1S/C11H10ClN3O2S/c12-10-5-2-6-11(14-10)15-18(16,17)9-4-1-3-8(13)7-9/h1-7H,13H2,(H,14,15). The molecule has 1 aromatic carbocycles. The Balaban J connectivity index is 2.33. The third kappa shape index (κ3) is 2.91. The zero-order chi connectivity index (χ0) is 13.2. The molecule has 0 spiro atoms. The number of sulfonamides is 1. The predicted molar refractivity (Wildman–Crippen MR) is 70.9 cm³/mol. The molecule has 0 radical (unpaired) electrons. The van der Waals surface area contributed by atoms with Crippen molar-refractivity contribution in [1.29, 1.82) is 0 Å². The smallest absolute Gasteiger partial charge is 0.263 e. The molecule has 3 N–H and O–H groups in total. The van der Waals surface area contributed by atoms with Gasteiger partial charge in [0.1, 0.15) is 11.0 Å². The van der Waals surface area contributed by atoms with Gasteiger partial charge in [-0.3, -0.25) is 4.72 Å². The van der Waals surface area contributed by atoms with Crippen molar-refractivity contribution in [2.45, 2.75) is 4.90 Å². The number of nitrogens with zero attached hydrogens (tertiary/aromatic N) is 1. The second-order valence-electron chi connectivity index (χ2n) is 3.52. The summed E-state index contributed by atoms with van der Waals surface area (Å²) in [7, 11) is -3.70. The van der Waals surface area contributed by atoms with Gasteiger partial charge in [-0.1, -0.05) is 23.7 Å². The Hall–Kier alpha value is -1.79. The Morgan fingerprint density at radius 2 is 1.89 bits per heavy atom. The molecule has 0 unspecified atom stereocenters. The van der Waals surface area contributed by atoms with Gasteiger partial charge >= 0.3 is 0 Å². The van der Waals surface area contributed by atoms with Crippen molar-refractivity contribution in [3.8, 4) is 0 Å². The highest BCUT2D eigenvalue weighted by Crippen LogP contribution is 2.17. The summed E-state index contributed by atoms with van der Waals surface area (Å²) in [5.41, 5.74) is 5.92. The topological polar surface area (TPSA) is 85.1 Å². The normalized spacial score (nSPS) is 11.2. The van der Waals surface area contributed by atoms with Gasteiger partial charge in [-0.25, -0.2) is 13.4 Å². The zero-order valence-electron chi connectivity index (χ0n) is 9.17. The number of anilines is 2. The van der Waals surface area contributed by atoms with Gasteiger partial charge in [0.15, 0.2) is 0 Å². The van der Waals surface area contributed by atoms with Crippen LogP contribution in [-0.2, 0) is 10.0 Å². The quantitative estimate of drug-likeness (QED) is 0.667. The third-order valence-corrected chi connectivity index (χ3v) is 3.69. The van der Waals surface area contributed by atoms with Crippen LogP contribution in [0.5, 0.6) is 0 Å². The number of benzene rings is 1. The molecule has 7 heteroatoms. The maximum atomic E-state index is 12.0. The van der Waals surface area contributed by atoms with E-state index in [1.807, 2.05) is 0 Å². The molecule has 0 saturated heterocycles. The Bertz CT molecular complexity index is 673. The molecular formula is C11H10ClN3O2S. The largest absolute Gasteiger partial charge is 0.399 e. The lowest BCUT2D eigenvalue weighted by Gasteiger charge is -2.07. The fraction of sp³-hybridized carbons (Fsp3) is 0. The number of halogens is 1. The molecule has 2 aromatic rings. The van der Waals surface area contributed by atoms with Crippen LogP contribution in [0.3, 0.4) is 0 Å². The first-order valence-electron chi connectivity index (χ1n) is 4.98. The maximum absolute atomic E-state index is 12.0. The lowest BCUT2D eigenvalue weighted by atomic mass is 10.3. The van der Waals surface area contributed by atoms with Crippen LogP contribution >= 0.6 is 11.6 Å². The van der Waals surface area contributed by atoms with Crippen molar-refractivity contribution in [3.05, 3.63) is 47.6 Å². The molecule has 0 saturated carbocycles. The first-order chi connectivity index (χ1) is 8.47. The maximum Gasteiger partial charge on any atom is 0.263 e. The summed E-state index contributed by atoms with van der Waals surface area (Å²) in [6.07, 6.45) is 0. The van der Waals surface area contributed by atoms with E-state index in [-0.39, 0.29) is 15.9 Å². The lowest BCUT2D eigenvalue weighted by molar-refractivity contribution is 0.601. The fourth-order valence-electron chi connectivity index (χ4n) is 1.34. The van der Waals surface area contributed by atoms with E-state index in [0.29, 0.717) is 5.69 Å². The minimum absolute atomic E-state index is 0.0734. The molecule has 0 aliphatic carbocycles. The number of rotatable bonds is 3. The van der Waals surface area contributed by atoms with Crippen molar-refractivity contribution in [3.63, 3.8) is 0 Å². The van der Waals surface area contributed by atoms with E-state index < -0.39 is 10.0 Å². The molecule has 0 atom stereocenters. The average Bonchev–Trinajstić information content (AvgIpc) is 2.28. The van der Waals surface area contributed by atoms with Gasteiger partial charge in [0.25, 0.3) is 10.0 Å². The summed E-state index contributed by atoms with van der Waals surface area (Å²) in [5, 5.41) is 0.211. The van der Waals surface area contributed by atoms with E-state index in [1.165, 1.54) is 18.2 Å². The molecular weight excluding hydrogens is 274 g/mol. The highest BCUT2D eigenvalue weighted by molar-refractivity contribution is 7.92. The average molecular weight is 284 g/mol. The van der Waals surface area contributed by atoms with Gasteiger partial charge in [0.05, 0.1) is 4.90 Å². The van der Waals surface area contributed by atoms with Gasteiger partial charge in [-0.15, -0.1) is 0 Å². The van der Waals surface area contributed by atoms with Gasteiger partial charge < -0.3 is 5.73 Å². The summed E-state index contributed by atoms with van der Waals surface area (Å²) >= 11 is 5.68. The summed E-state index contributed by atoms with van der Waals surface area (Å²) < 4.78 is 26.4. The highest BCUT2D eigenvalue weighted by atomic mass is 35.5. The molecule has 1 aromatic heterocycles. The van der Waals surface area contributed by atoms with Crippen molar-refractivity contribution >= 4 is 33.1 Å². The van der Waals surface area contributed by atoms with Crippen molar-refractivity contribution in [1.82, 2.24) is 4.98 Å². The summed E-state index contributed by atoms with van der Waals surface area (Å²) in [5.74, 6) is 0.157. The number of nitrogen functional groups attached to an aromatic ring is 1. The van der Waals surface area contributed by atoms with Crippen molar-refractivity contribution < 1.29 is 8.42 Å². The fourth-order valence-corrected chi connectivity index (χ4v) is 2.56. The summed E-state index contributed by atoms with van der Waals surface area (Å²) in [6.45, 7) is 0. The Morgan fingerprint density at radius 3 is 2.56 bits per heavy atom. The van der Waals surface area contributed by atoms with Crippen LogP contribution in [0.25, 0.3) is 0 Å². The second kappa shape index (κ2) is 4.83. The van der Waals surface area contributed by atoms with E-state index in [0.717, 1.165) is 0 Å². The van der Waals surface area contributed by atoms with Crippen LogP contribution in [0.4, 0.5) is 11.5 Å². The second-order valence-corrected chi connectivity index (χ2v) is 5.59. The number of hydrogen-bond acceptors (Lipinski definition) is 4. The van der Waals surface area contributed by atoms with Gasteiger partial charge in [-0.2, -0.15) is 0 Å². The van der Waals surface area contributed by atoms with Crippen molar-refractivity contribution in [2.24, 2.45) is 0 Å². The van der Waals surface area contributed by atoms with Crippen LogP contribution in [0.1, 0.15) is 0 Å². The van der Waals surface area contributed by atoms with Gasteiger partial charge in [0.2, 0.25) is 0 Å².